The van der Waals surface area contributed by atoms with E-state index in [0.29, 0.717) is 0 Å². The standard InChI is InChI=1S/C18H24N2O2/c1-4-13-7-6-8-14-15-9-12-22-18(5-2,10-11-19-21-3)17(15)20-16(13)14/h6-8,11,20H,4-5,9-10,12H2,1-3H3/b19-11+/t18-/m1/s1. The minimum Gasteiger partial charge on any atom is -0.399 e. The van der Waals surface area contributed by atoms with E-state index in [2.05, 4.69) is 42.2 Å². The molecule has 22 heavy (non-hydrogen) atoms. The molecule has 0 bridgehead atoms. The van der Waals surface area contributed by atoms with E-state index in [1.54, 1.807) is 7.11 Å². The molecule has 0 amide bonds. The molecule has 1 atom stereocenters. The summed E-state index contributed by atoms with van der Waals surface area (Å²) < 4.78 is 6.21. The lowest BCUT2D eigenvalue weighted by Crippen LogP contribution is -2.35. The van der Waals surface area contributed by atoms with Crippen molar-refractivity contribution in [2.75, 3.05) is 13.7 Å². The first-order valence-corrected chi connectivity index (χ1v) is 8.07. The second-order valence-corrected chi connectivity index (χ2v) is 5.79. The first-order chi connectivity index (χ1) is 10.8. The number of aryl methyl sites for hydroxylation is 1. The Morgan fingerprint density at radius 3 is 3.00 bits per heavy atom. The van der Waals surface area contributed by atoms with Gasteiger partial charge in [-0.05, 0) is 30.4 Å². The van der Waals surface area contributed by atoms with Crippen molar-refractivity contribution in [2.24, 2.45) is 5.16 Å². The number of nitrogens with zero attached hydrogens (tertiary/aromatic N) is 1. The number of fused-ring (bicyclic) bond motifs is 3. The number of hydrogen-bond donors (Lipinski definition) is 1. The second kappa shape index (κ2) is 6.13. The number of hydrogen-bond acceptors (Lipinski definition) is 3. The third kappa shape index (κ3) is 2.31. The topological polar surface area (TPSA) is 46.6 Å². The van der Waals surface area contributed by atoms with E-state index in [-0.39, 0.29) is 5.60 Å². The van der Waals surface area contributed by atoms with Gasteiger partial charge >= 0.3 is 0 Å². The lowest BCUT2D eigenvalue weighted by molar-refractivity contribution is -0.0601. The molecule has 1 N–H and O–H groups in total. The van der Waals surface area contributed by atoms with Gasteiger partial charge in [0.15, 0.2) is 0 Å². The molecule has 1 aromatic carbocycles. The highest BCUT2D eigenvalue weighted by Gasteiger charge is 2.38. The number of oxime groups is 1. The van der Waals surface area contributed by atoms with Crippen molar-refractivity contribution in [3.05, 3.63) is 35.0 Å². The first kappa shape index (κ1) is 15.1. The fraction of sp³-hybridized carbons (Fsp3) is 0.500. The van der Waals surface area contributed by atoms with Gasteiger partial charge < -0.3 is 14.6 Å². The molecule has 0 aliphatic carbocycles. The van der Waals surface area contributed by atoms with E-state index in [4.69, 9.17) is 9.57 Å². The quantitative estimate of drug-likeness (QED) is 0.672. The zero-order valence-corrected chi connectivity index (χ0v) is 13.6. The van der Waals surface area contributed by atoms with Gasteiger partial charge in [0.1, 0.15) is 12.7 Å². The maximum atomic E-state index is 6.21. The van der Waals surface area contributed by atoms with E-state index in [1.807, 2.05) is 6.21 Å². The van der Waals surface area contributed by atoms with Gasteiger partial charge in [0, 0.05) is 23.5 Å². The molecular formula is C18H24N2O2. The van der Waals surface area contributed by atoms with Crippen molar-refractivity contribution in [2.45, 2.75) is 45.1 Å². The number of benzene rings is 1. The van der Waals surface area contributed by atoms with E-state index in [9.17, 15) is 0 Å². The summed E-state index contributed by atoms with van der Waals surface area (Å²) in [5.74, 6) is 0. The molecule has 4 nitrogen and oxygen atoms in total. The van der Waals surface area contributed by atoms with Gasteiger partial charge in [-0.1, -0.05) is 37.2 Å². The number of nitrogens with one attached hydrogen (secondary N) is 1. The van der Waals surface area contributed by atoms with Crippen LogP contribution in [0, 0.1) is 0 Å². The summed E-state index contributed by atoms with van der Waals surface area (Å²) in [7, 11) is 1.57. The van der Waals surface area contributed by atoms with Crippen LogP contribution in [0.15, 0.2) is 23.4 Å². The molecule has 1 aliphatic heterocycles. The second-order valence-electron chi connectivity index (χ2n) is 5.79. The lowest BCUT2D eigenvalue weighted by Gasteiger charge is -2.35. The van der Waals surface area contributed by atoms with E-state index in [0.717, 1.165) is 32.3 Å². The van der Waals surface area contributed by atoms with Crippen LogP contribution in [0.4, 0.5) is 0 Å². The number of rotatable bonds is 5. The Labute approximate surface area is 131 Å². The molecule has 0 saturated carbocycles. The van der Waals surface area contributed by atoms with Crippen LogP contribution in [-0.4, -0.2) is 24.9 Å². The molecule has 0 saturated heterocycles. The number of ether oxygens (including phenoxy) is 1. The van der Waals surface area contributed by atoms with Crippen LogP contribution in [0.1, 0.15) is 43.5 Å². The normalized spacial score (nSPS) is 21.4. The zero-order chi connectivity index (χ0) is 15.6. The summed E-state index contributed by atoms with van der Waals surface area (Å²) in [6.45, 7) is 5.12. The number of H-pyrrole nitrogens is 1. The predicted octanol–water partition coefficient (Wildman–Crippen LogP) is 3.93. The van der Waals surface area contributed by atoms with Gasteiger partial charge in [-0.25, -0.2) is 0 Å². The molecule has 4 heteroatoms. The average Bonchev–Trinajstić information content (AvgIpc) is 2.95. The van der Waals surface area contributed by atoms with E-state index in [1.165, 1.54) is 27.7 Å². The summed E-state index contributed by atoms with van der Waals surface area (Å²) >= 11 is 0. The van der Waals surface area contributed by atoms with Gasteiger partial charge in [0.25, 0.3) is 0 Å². The lowest BCUT2D eigenvalue weighted by atomic mass is 9.86. The number of aromatic amines is 1. The fourth-order valence-electron chi connectivity index (χ4n) is 3.54. The molecule has 1 aliphatic rings. The van der Waals surface area contributed by atoms with Gasteiger partial charge in [-0.2, -0.15) is 0 Å². The summed E-state index contributed by atoms with van der Waals surface area (Å²) in [6.07, 6.45) is 5.43. The summed E-state index contributed by atoms with van der Waals surface area (Å²) in [4.78, 5) is 8.49. The highest BCUT2D eigenvalue weighted by atomic mass is 16.6. The molecule has 2 heterocycles. The van der Waals surface area contributed by atoms with Crippen LogP contribution >= 0.6 is 0 Å². The summed E-state index contributed by atoms with van der Waals surface area (Å²) in [5, 5.41) is 5.25. The maximum Gasteiger partial charge on any atom is 0.113 e. The molecular weight excluding hydrogens is 276 g/mol. The maximum absolute atomic E-state index is 6.21. The number of aromatic nitrogens is 1. The Bertz CT molecular complexity index is 690. The van der Waals surface area contributed by atoms with E-state index >= 15 is 0 Å². The minimum absolute atomic E-state index is 0.320. The Morgan fingerprint density at radius 2 is 2.27 bits per heavy atom. The van der Waals surface area contributed by atoms with Crippen molar-refractivity contribution in [3.8, 4) is 0 Å². The number of para-hydroxylation sites is 1. The Kier molecular flexibility index (Phi) is 4.21. The molecule has 0 radical (unpaired) electrons. The smallest absolute Gasteiger partial charge is 0.113 e. The largest absolute Gasteiger partial charge is 0.399 e. The molecule has 2 aromatic rings. The molecule has 0 unspecified atom stereocenters. The summed E-state index contributed by atoms with van der Waals surface area (Å²) in [6, 6.07) is 6.58. The zero-order valence-electron chi connectivity index (χ0n) is 13.6. The van der Waals surface area contributed by atoms with Crippen LogP contribution in [0.2, 0.25) is 0 Å². The van der Waals surface area contributed by atoms with Gasteiger partial charge in [0.05, 0.1) is 12.3 Å². The molecule has 0 spiro atoms. The van der Waals surface area contributed by atoms with Crippen molar-refractivity contribution >= 4 is 17.1 Å². The third-order valence-corrected chi connectivity index (χ3v) is 4.77. The van der Waals surface area contributed by atoms with Crippen LogP contribution in [0.5, 0.6) is 0 Å². The van der Waals surface area contributed by atoms with Gasteiger partial charge in [-0.15, -0.1) is 0 Å². The fourth-order valence-corrected chi connectivity index (χ4v) is 3.54. The molecule has 0 fully saturated rings. The SMILES string of the molecule is CCc1cccc2c3c([nH]c12)[C@@](CC)(C/C=N/OC)OCC3. The highest BCUT2D eigenvalue weighted by molar-refractivity contribution is 5.88. The first-order valence-electron chi connectivity index (χ1n) is 8.07. The van der Waals surface area contributed by atoms with Crippen molar-refractivity contribution in [3.63, 3.8) is 0 Å². The van der Waals surface area contributed by atoms with Gasteiger partial charge in [0.2, 0.25) is 0 Å². The molecule has 118 valence electrons. The van der Waals surface area contributed by atoms with Crippen molar-refractivity contribution < 1.29 is 9.57 Å². The minimum atomic E-state index is -0.320. The van der Waals surface area contributed by atoms with Gasteiger partial charge in [-0.3, -0.25) is 0 Å². The third-order valence-electron chi connectivity index (χ3n) is 4.77. The Morgan fingerprint density at radius 1 is 1.41 bits per heavy atom. The highest BCUT2D eigenvalue weighted by Crippen LogP contribution is 2.41. The Hall–Kier alpha value is -1.81. The average molecular weight is 300 g/mol. The Balaban J connectivity index is 2.14. The van der Waals surface area contributed by atoms with Crippen LogP contribution in [0.3, 0.4) is 0 Å². The van der Waals surface area contributed by atoms with Crippen LogP contribution in [-0.2, 0) is 28.0 Å². The monoisotopic (exact) mass is 300 g/mol. The van der Waals surface area contributed by atoms with Crippen LogP contribution in [0.25, 0.3) is 10.9 Å². The van der Waals surface area contributed by atoms with Crippen LogP contribution < -0.4 is 0 Å². The molecule has 1 aromatic heterocycles. The molecule has 3 rings (SSSR count). The van der Waals surface area contributed by atoms with Crippen molar-refractivity contribution in [1.29, 1.82) is 0 Å². The predicted molar refractivity (Wildman–Crippen MR) is 89.4 cm³/mol. The van der Waals surface area contributed by atoms with Crippen molar-refractivity contribution in [1.82, 2.24) is 4.98 Å². The summed E-state index contributed by atoms with van der Waals surface area (Å²) in [5.41, 5.74) is 4.94. The van der Waals surface area contributed by atoms with E-state index < -0.39 is 0 Å².